The van der Waals surface area contributed by atoms with Gasteiger partial charge in [0.1, 0.15) is 6.04 Å². The van der Waals surface area contributed by atoms with Gasteiger partial charge in [-0.25, -0.2) is 0 Å². The van der Waals surface area contributed by atoms with Gasteiger partial charge in [0.15, 0.2) is 0 Å². The maximum absolute atomic E-state index is 13.5. The third-order valence-corrected chi connectivity index (χ3v) is 10.5. The number of fused-ring (bicyclic) bond motifs is 2. The molecule has 15 nitrogen and oxygen atoms in total. The molecule has 4 aromatic rings. The summed E-state index contributed by atoms with van der Waals surface area (Å²) in [5.41, 5.74) is 4.32. The quantitative estimate of drug-likeness (QED) is 0.0650. The zero-order valence-corrected chi connectivity index (χ0v) is 35.6. The number of rotatable bonds is 20. The molecule has 6 amide bonds. The van der Waals surface area contributed by atoms with Crippen LogP contribution in [0.1, 0.15) is 60.9 Å². The van der Waals surface area contributed by atoms with Crippen molar-refractivity contribution >= 4 is 52.8 Å². The molecule has 15 heteroatoms. The van der Waals surface area contributed by atoms with E-state index in [1.807, 2.05) is 66.7 Å². The number of carboxylic acids is 1. The average Bonchev–Trinajstić information content (AvgIpc) is 3.27. The largest absolute Gasteiger partial charge is 0.481 e. The highest BCUT2D eigenvalue weighted by atomic mass is 16.4. The van der Waals surface area contributed by atoms with E-state index in [0.717, 1.165) is 22.3 Å². The number of hydrogen-bond acceptors (Lipinski definition) is 8. The summed E-state index contributed by atoms with van der Waals surface area (Å²) in [6.45, 7) is 2.33. The van der Waals surface area contributed by atoms with Crippen molar-refractivity contribution in [2.45, 2.75) is 64.6 Å². The molecule has 1 aliphatic rings. The SMILES string of the molecule is CNC(Cc1ccc(NC(=O)CNC(=O)C(Cc2ccccc2)NC(=O)CNC(=O)CNC(=O)CCC(=O)N2Cc3ccccc3C#Cc3ccccc32)cc1)CC(C)(C)C(=O)O. The molecule has 0 radical (unpaired) electrons. The molecule has 2 unspecified atom stereocenters. The van der Waals surface area contributed by atoms with Gasteiger partial charge in [0.05, 0.1) is 37.3 Å². The Morgan fingerprint density at radius 1 is 0.667 bits per heavy atom. The molecular formula is C48H53N7O8. The van der Waals surface area contributed by atoms with Gasteiger partial charge in [-0.3, -0.25) is 33.6 Å². The predicted octanol–water partition coefficient (Wildman–Crippen LogP) is 3.06. The summed E-state index contributed by atoms with van der Waals surface area (Å²) < 4.78 is 0. The second-order valence-electron chi connectivity index (χ2n) is 15.8. The van der Waals surface area contributed by atoms with E-state index in [9.17, 15) is 38.7 Å². The standard InChI is InChI=1S/C48H53N7O8/c1-48(2,47(62)63)27-38(49-3)25-33-17-21-37(22-18-33)53-43(58)30-52-46(61)39(26-32-11-5-4-6-12-32)54-44(59)29-51-42(57)28-50-41(56)23-24-45(60)55-31-36-15-8-7-13-34(36)19-20-35-14-9-10-16-40(35)55/h4-18,21-22,38-39,49H,23-31H2,1-3H3,(H,50,56)(H,51,57)(H,52,61)(H,53,58)(H,54,59)(H,62,63). The van der Waals surface area contributed by atoms with Crippen LogP contribution >= 0.6 is 0 Å². The molecular weight excluding hydrogens is 803 g/mol. The first-order valence-corrected chi connectivity index (χ1v) is 20.6. The van der Waals surface area contributed by atoms with Gasteiger partial charge in [0, 0.05) is 42.1 Å². The number of carbonyl (C=O) groups excluding carboxylic acids is 6. The van der Waals surface area contributed by atoms with Crippen LogP contribution in [0.4, 0.5) is 11.4 Å². The predicted molar refractivity (Wildman–Crippen MR) is 238 cm³/mol. The summed E-state index contributed by atoms with van der Waals surface area (Å²) >= 11 is 0. The zero-order valence-electron chi connectivity index (χ0n) is 35.6. The van der Waals surface area contributed by atoms with Crippen molar-refractivity contribution < 1.29 is 38.7 Å². The van der Waals surface area contributed by atoms with Crippen LogP contribution in [-0.2, 0) is 52.9 Å². The van der Waals surface area contributed by atoms with E-state index in [2.05, 4.69) is 43.7 Å². The number of anilines is 2. The molecule has 2 atom stereocenters. The number of nitrogens with one attached hydrogen (secondary N) is 6. The molecule has 7 N–H and O–H groups in total. The van der Waals surface area contributed by atoms with E-state index in [1.54, 1.807) is 62.2 Å². The monoisotopic (exact) mass is 855 g/mol. The summed E-state index contributed by atoms with van der Waals surface area (Å²) in [5.74, 6) is 2.17. The number of amides is 6. The van der Waals surface area contributed by atoms with Gasteiger partial charge < -0.3 is 41.9 Å². The Labute approximate surface area is 366 Å². The minimum Gasteiger partial charge on any atom is -0.481 e. The van der Waals surface area contributed by atoms with Crippen molar-refractivity contribution in [2.24, 2.45) is 5.41 Å². The minimum absolute atomic E-state index is 0.0778. The molecule has 0 saturated heterocycles. The summed E-state index contributed by atoms with van der Waals surface area (Å²) in [7, 11) is 1.78. The van der Waals surface area contributed by atoms with Crippen LogP contribution in [-0.4, -0.2) is 85.3 Å². The molecule has 1 aliphatic heterocycles. The molecule has 0 saturated carbocycles. The lowest BCUT2D eigenvalue weighted by Gasteiger charge is -2.26. The van der Waals surface area contributed by atoms with Crippen molar-refractivity contribution in [1.29, 1.82) is 0 Å². The fourth-order valence-corrected chi connectivity index (χ4v) is 6.86. The van der Waals surface area contributed by atoms with Crippen LogP contribution in [0, 0.1) is 17.3 Å². The zero-order chi connectivity index (χ0) is 45.4. The highest BCUT2D eigenvalue weighted by molar-refractivity contribution is 5.98. The van der Waals surface area contributed by atoms with Crippen molar-refractivity contribution in [3.8, 4) is 11.8 Å². The Kier molecular flexibility index (Phi) is 16.7. The number of carboxylic acid groups (broad SMARTS) is 1. The van der Waals surface area contributed by atoms with Crippen molar-refractivity contribution in [3.05, 3.63) is 131 Å². The maximum Gasteiger partial charge on any atom is 0.309 e. The number of likely N-dealkylation sites (N-methyl/N-ethyl adjacent to an activating group) is 1. The molecule has 0 aromatic heterocycles. The van der Waals surface area contributed by atoms with E-state index in [4.69, 9.17) is 0 Å². The third-order valence-electron chi connectivity index (χ3n) is 10.5. The molecule has 4 aromatic carbocycles. The van der Waals surface area contributed by atoms with Crippen LogP contribution in [0.5, 0.6) is 0 Å². The summed E-state index contributed by atoms with van der Waals surface area (Å²) in [6.07, 6.45) is 0.817. The first kappa shape index (κ1) is 46.8. The number of aliphatic carboxylic acids is 1. The van der Waals surface area contributed by atoms with Crippen LogP contribution in [0.25, 0.3) is 0 Å². The van der Waals surface area contributed by atoms with E-state index >= 15 is 0 Å². The van der Waals surface area contributed by atoms with Crippen LogP contribution in [0.2, 0.25) is 0 Å². The van der Waals surface area contributed by atoms with E-state index < -0.39 is 60.1 Å². The first-order valence-electron chi connectivity index (χ1n) is 20.6. The van der Waals surface area contributed by atoms with Gasteiger partial charge in [-0.05, 0) is 80.8 Å². The number of carbonyl (C=O) groups is 7. The number of hydrogen-bond donors (Lipinski definition) is 7. The van der Waals surface area contributed by atoms with Crippen molar-refractivity contribution in [1.82, 2.24) is 26.6 Å². The number of nitrogens with zero attached hydrogens (tertiary/aromatic N) is 1. The molecule has 0 bridgehead atoms. The van der Waals surface area contributed by atoms with Gasteiger partial charge in [-0.1, -0.05) is 84.6 Å². The Hall–Kier alpha value is -7.31. The van der Waals surface area contributed by atoms with Gasteiger partial charge in [0.25, 0.3) is 0 Å². The first-order chi connectivity index (χ1) is 30.2. The third kappa shape index (κ3) is 14.4. The second-order valence-corrected chi connectivity index (χ2v) is 15.8. The molecule has 63 heavy (non-hydrogen) atoms. The number of para-hydroxylation sites is 1. The minimum atomic E-state index is -1.09. The average molecular weight is 856 g/mol. The Balaban J connectivity index is 1.06. The maximum atomic E-state index is 13.5. The smallest absolute Gasteiger partial charge is 0.309 e. The summed E-state index contributed by atoms with van der Waals surface area (Å²) in [4.78, 5) is 91.1. The Bertz CT molecular complexity index is 2360. The lowest BCUT2D eigenvalue weighted by Crippen LogP contribution is -2.52. The fraction of sp³-hybridized carbons (Fsp3) is 0.312. The Morgan fingerprint density at radius 3 is 1.98 bits per heavy atom. The molecule has 0 fully saturated rings. The van der Waals surface area contributed by atoms with Gasteiger partial charge >= 0.3 is 5.97 Å². The summed E-state index contributed by atoms with van der Waals surface area (Å²) in [5, 5.41) is 25.5. The van der Waals surface area contributed by atoms with E-state index in [1.165, 1.54) is 0 Å². The van der Waals surface area contributed by atoms with Crippen molar-refractivity contribution in [2.75, 3.05) is 36.9 Å². The molecule has 0 aliphatic carbocycles. The van der Waals surface area contributed by atoms with Crippen LogP contribution in [0.3, 0.4) is 0 Å². The highest BCUT2D eigenvalue weighted by Gasteiger charge is 2.30. The number of benzene rings is 4. The molecule has 0 spiro atoms. The second kappa shape index (κ2) is 22.5. The fourth-order valence-electron chi connectivity index (χ4n) is 6.86. The highest BCUT2D eigenvalue weighted by Crippen LogP contribution is 2.27. The molecule has 328 valence electrons. The van der Waals surface area contributed by atoms with Gasteiger partial charge in [-0.15, -0.1) is 0 Å². The Morgan fingerprint density at radius 2 is 1.27 bits per heavy atom. The van der Waals surface area contributed by atoms with E-state index in [0.29, 0.717) is 29.8 Å². The van der Waals surface area contributed by atoms with Gasteiger partial charge in [-0.2, -0.15) is 0 Å². The normalized spacial score (nSPS) is 12.6. The van der Waals surface area contributed by atoms with E-state index in [-0.39, 0.29) is 44.3 Å². The van der Waals surface area contributed by atoms with Crippen molar-refractivity contribution in [3.63, 3.8) is 0 Å². The molecule has 1 heterocycles. The molecule has 5 rings (SSSR count). The summed E-state index contributed by atoms with van der Waals surface area (Å²) in [6, 6.07) is 29.8. The van der Waals surface area contributed by atoms with Gasteiger partial charge in [0.2, 0.25) is 35.4 Å². The lowest BCUT2D eigenvalue weighted by atomic mass is 9.84. The van der Waals surface area contributed by atoms with Crippen LogP contribution < -0.4 is 36.8 Å². The lowest BCUT2D eigenvalue weighted by molar-refractivity contribution is -0.147. The topological polar surface area (TPSA) is 215 Å². The van der Waals surface area contributed by atoms with Crippen LogP contribution in [0.15, 0.2) is 103 Å².